The van der Waals surface area contributed by atoms with Crippen molar-refractivity contribution in [2.45, 2.75) is 84.2 Å². The van der Waals surface area contributed by atoms with Crippen molar-refractivity contribution >= 4 is 18.7 Å². The first-order chi connectivity index (χ1) is 11.9. The number of alkyl carbamates (subject to hydrolysis) is 1. The van der Waals surface area contributed by atoms with Gasteiger partial charge in [-0.3, -0.25) is 0 Å². The van der Waals surface area contributed by atoms with E-state index in [0.717, 1.165) is 23.9 Å². The molecule has 0 saturated carbocycles. The Hall–Kier alpha value is -1.53. The maximum Gasteiger partial charge on any atom is 0.494 e. The van der Waals surface area contributed by atoms with E-state index in [1.807, 2.05) is 48.5 Å². The molecular formula is C20H30BNO4. The lowest BCUT2D eigenvalue weighted by molar-refractivity contribution is 0.00578. The van der Waals surface area contributed by atoms with Gasteiger partial charge in [0.2, 0.25) is 0 Å². The second kappa shape index (κ2) is 6.27. The fraction of sp³-hybridized carbons (Fsp3) is 0.650. The third-order valence-corrected chi connectivity index (χ3v) is 5.46. The van der Waals surface area contributed by atoms with E-state index < -0.39 is 12.7 Å². The van der Waals surface area contributed by atoms with Gasteiger partial charge >= 0.3 is 13.2 Å². The molecule has 1 aromatic carbocycles. The van der Waals surface area contributed by atoms with Crippen molar-refractivity contribution in [1.29, 1.82) is 0 Å². The van der Waals surface area contributed by atoms with E-state index >= 15 is 0 Å². The summed E-state index contributed by atoms with van der Waals surface area (Å²) in [6.07, 6.45) is 1.44. The Kier molecular flexibility index (Phi) is 4.64. The first-order valence-electron chi connectivity index (χ1n) is 9.36. The Morgan fingerprint density at radius 3 is 2.38 bits per heavy atom. The highest BCUT2D eigenvalue weighted by Crippen LogP contribution is 2.37. The Balaban J connectivity index is 1.77. The van der Waals surface area contributed by atoms with Gasteiger partial charge in [-0.15, -0.1) is 0 Å². The number of fused-ring (bicyclic) bond motifs is 1. The molecule has 1 amide bonds. The van der Waals surface area contributed by atoms with Crippen molar-refractivity contribution < 1.29 is 18.8 Å². The van der Waals surface area contributed by atoms with Gasteiger partial charge < -0.3 is 19.4 Å². The third-order valence-electron chi connectivity index (χ3n) is 5.46. The fourth-order valence-electron chi connectivity index (χ4n) is 3.35. The molecule has 1 aliphatic carbocycles. The summed E-state index contributed by atoms with van der Waals surface area (Å²) >= 11 is 0. The highest BCUT2D eigenvalue weighted by molar-refractivity contribution is 6.62. The maximum absolute atomic E-state index is 12.2. The summed E-state index contributed by atoms with van der Waals surface area (Å²) in [5.74, 6) is 0. The molecule has 5 nitrogen and oxygen atoms in total. The molecule has 0 aromatic heterocycles. The second-order valence-corrected chi connectivity index (χ2v) is 9.28. The van der Waals surface area contributed by atoms with Gasteiger partial charge in [-0.1, -0.05) is 18.2 Å². The van der Waals surface area contributed by atoms with E-state index in [0.29, 0.717) is 0 Å². The van der Waals surface area contributed by atoms with Crippen LogP contribution in [-0.2, 0) is 20.5 Å². The third kappa shape index (κ3) is 3.76. The maximum atomic E-state index is 12.2. The molecule has 1 heterocycles. The van der Waals surface area contributed by atoms with Crippen LogP contribution in [-0.4, -0.2) is 30.0 Å². The van der Waals surface area contributed by atoms with Gasteiger partial charge in [-0.2, -0.15) is 0 Å². The number of nitrogens with one attached hydrogen (secondary N) is 1. The molecule has 1 fully saturated rings. The van der Waals surface area contributed by atoms with E-state index in [4.69, 9.17) is 14.0 Å². The summed E-state index contributed by atoms with van der Waals surface area (Å²) < 4.78 is 17.7. The summed E-state index contributed by atoms with van der Waals surface area (Å²) in [4.78, 5) is 12.2. The molecule has 26 heavy (non-hydrogen) atoms. The molecule has 2 aliphatic rings. The van der Waals surface area contributed by atoms with Crippen LogP contribution in [0, 0.1) is 0 Å². The largest absolute Gasteiger partial charge is 0.494 e. The molecular weight excluding hydrogens is 329 g/mol. The summed E-state index contributed by atoms with van der Waals surface area (Å²) in [6.45, 7) is 13.8. The molecule has 1 saturated heterocycles. The molecule has 6 heteroatoms. The van der Waals surface area contributed by atoms with Crippen LogP contribution in [0.5, 0.6) is 0 Å². The molecule has 0 radical (unpaired) electrons. The number of rotatable bonds is 2. The number of hydrogen-bond acceptors (Lipinski definition) is 4. The quantitative estimate of drug-likeness (QED) is 0.822. The molecule has 0 bridgehead atoms. The molecule has 1 aromatic rings. The molecule has 142 valence electrons. The lowest BCUT2D eigenvalue weighted by Crippen LogP contribution is -2.41. The summed E-state index contributed by atoms with van der Waals surface area (Å²) in [6, 6.07) is 6.25. The Morgan fingerprint density at radius 2 is 1.81 bits per heavy atom. The number of aryl methyl sites for hydroxylation is 1. The number of amides is 1. The van der Waals surface area contributed by atoms with Gasteiger partial charge in [0.05, 0.1) is 17.2 Å². The van der Waals surface area contributed by atoms with Crippen molar-refractivity contribution in [2.24, 2.45) is 0 Å². The zero-order valence-electron chi connectivity index (χ0n) is 16.9. The van der Waals surface area contributed by atoms with Crippen molar-refractivity contribution in [1.82, 2.24) is 5.32 Å². The SMILES string of the molecule is CC(C)(C)OC(=O)N[C@H]1CCc2ccc(B3OC(C)(C)C(C)(C)O3)cc21. The Labute approximate surface area is 156 Å². The first-order valence-corrected chi connectivity index (χ1v) is 9.36. The molecule has 1 atom stereocenters. The standard InChI is InChI=1S/C20H30BNO4/c1-18(2,3)24-17(23)22-16-11-9-13-8-10-14(12-15(13)16)21-25-19(4,5)20(6,7)26-21/h8,10,12,16H,9,11H2,1-7H3,(H,22,23)/t16-/m0/s1. The zero-order chi connectivity index (χ0) is 19.3. The van der Waals surface area contributed by atoms with E-state index in [9.17, 15) is 4.79 Å². The highest BCUT2D eigenvalue weighted by atomic mass is 16.7. The predicted molar refractivity (Wildman–Crippen MR) is 103 cm³/mol. The normalized spacial score (nSPS) is 23.7. The lowest BCUT2D eigenvalue weighted by Gasteiger charge is -2.32. The molecule has 1 aliphatic heterocycles. The van der Waals surface area contributed by atoms with Gasteiger partial charge in [-0.25, -0.2) is 4.79 Å². The van der Waals surface area contributed by atoms with E-state index in [-0.39, 0.29) is 23.3 Å². The summed E-state index contributed by atoms with van der Waals surface area (Å²) in [7, 11) is -0.395. The molecule has 0 unspecified atom stereocenters. The average molecular weight is 359 g/mol. The minimum atomic E-state index is -0.504. The van der Waals surface area contributed by atoms with Crippen molar-refractivity contribution in [2.75, 3.05) is 0 Å². The van der Waals surface area contributed by atoms with E-state index in [1.54, 1.807) is 0 Å². The van der Waals surface area contributed by atoms with Gasteiger partial charge in [0, 0.05) is 0 Å². The van der Waals surface area contributed by atoms with Crippen molar-refractivity contribution in [3.63, 3.8) is 0 Å². The Morgan fingerprint density at radius 1 is 1.19 bits per heavy atom. The fourth-order valence-corrected chi connectivity index (χ4v) is 3.35. The Bertz CT molecular complexity index is 692. The van der Waals surface area contributed by atoms with E-state index in [1.165, 1.54) is 5.56 Å². The van der Waals surface area contributed by atoms with Crippen LogP contribution in [0.4, 0.5) is 4.79 Å². The molecule has 0 spiro atoms. The van der Waals surface area contributed by atoms with Crippen LogP contribution >= 0.6 is 0 Å². The highest BCUT2D eigenvalue weighted by Gasteiger charge is 2.51. The molecule has 1 N–H and O–H groups in total. The number of hydrogen-bond donors (Lipinski definition) is 1. The lowest BCUT2D eigenvalue weighted by atomic mass is 9.77. The second-order valence-electron chi connectivity index (χ2n) is 9.28. The van der Waals surface area contributed by atoms with Gasteiger partial charge in [0.15, 0.2) is 0 Å². The van der Waals surface area contributed by atoms with Crippen LogP contribution in [0.15, 0.2) is 18.2 Å². The van der Waals surface area contributed by atoms with Crippen molar-refractivity contribution in [3.05, 3.63) is 29.3 Å². The molecule has 3 rings (SSSR count). The number of carbonyl (C=O) groups is 1. The number of benzene rings is 1. The monoisotopic (exact) mass is 359 g/mol. The van der Waals surface area contributed by atoms with Crippen LogP contribution in [0.25, 0.3) is 0 Å². The van der Waals surface area contributed by atoms with Crippen LogP contribution in [0.2, 0.25) is 0 Å². The van der Waals surface area contributed by atoms with Gasteiger partial charge in [0.25, 0.3) is 0 Å². The van der Waals surface area contributed by atoms with E-state index in [2.05, 4.69) is 23.5 Å². The minimum absolute atomic E-state index is 0.0396. The topological polar surface area (TPSA) is 56.8 Å². The summed E-state index contributed by atoms with van der Waals surface area (Å²) in [5.41, 5.74) is 2.13. The average Bonchev–Trinajstić information content (AvgIpc) is 2.95. The summed E-state index contributed by atoms with van der Waals surface area (Å²) in [5, 5.41) is 3.00. The van der Waals surface area contributed by atoms with Gasteiger partial charge in [0.1, 0.15) is 5.60 Å². The smallest absolute Gasteiger partial charge is 0.444 e. The first kappa shape index (κ1) is 19.2. The van der Waals surface area contributed by atoms with Gasteiger partial charge in [-0.05, 0) is 77.9 Å². The van der Waals surface area contributed by atoms with Crippen LogP contribution in [0.1, 0.15) is 72.1 Å². The zero-order valence-corrected chi connectivity index (χ0v) is 16.9. The predicted octanol–water partition coefficient (Wildman–Crippen LogP) is 3.50. The number of ether oxygens (including phenoxy) is 1. The van der Waals surface area contributed by atoms with Crippen molar-refractivity contribution in [3.8, 4) is 0 Å². The van der Waals surface area contributed by atoms with Crippen LogP contribution < -0.4 is 10.8 Å². The minimum Gasteiger partial charge on any atom is -0.444 e. The van der Waals surface area contributed by atoms with Crippen LogP contribution in [0.3, 0.4) is 0 Å². The number of carbonyl (C=O) groups excluding carboxylic acids is 1.